The molecule has 1 aliphatic heterocycles. The van der Waals surface area contributed by atoms with Crippen LogP contribution in [0.25, 0.3) is 0 Å². The van der Waals surface area contributed by atoms with Gasteiger partial charge in [-0.2, -0.15) is 0 Å². The van der Waals surface area contributed by atoms with Gasteiger partial charge in [-0.1, -0.05) is 0 Å². The van der Waals surface area contributed by atoms with Crippen molar-refractivity contribution in [3.63, 3.8) is 0 Å². The third-order valence-electron chi connectivity index (χ3n) is 1.66. The van der Waals surface area contributed by atoms with Crippen LogP contribution in [0.2, 0.25) is 0 Å². The van der Waals surface area contributed by atoms with Crippen LogP contribution in [-0.4, -0.2) is 39.5 Å². The Hall–Kier alpha value is -0.820. The number of rotatable bonds is 4. The lowest BCUT2D eigenvalue weighted by molar-refractivity contribution is 0.142. The fourth-order valence-corrected chi connectivity index (χ4v) is 1.51. The van der Waals surface area contributed by atoms with Gasteiger partial charge in [-0.05, 0) is 6.92 Å². The van der Waals surface area contributed by atoms with Gasteiger partial charge < -0.3 is 10.1 Å². The van der Waals surface area contributed by atoms with Gasteiger partial charge in [0.05, 0.1) is 12.3 Å². The van der Waals surface area contributed by atoms with Gasteiger partial charge in [-0.15, -0.1) is 0 Å². The number of alkyl carbamates (subject to hydrolysis) is 1. The maximum Gasteiger partial charge on any atom is 0.407 e. The lowest BCUT2D eigenvalue weighted by Crippen LogP contribution is -2.34. The largest absolute Gasteiger partial charge is 0.443 e. The van der Waals surface area contributed by atoms with Crippen molar-refractivity contribution in [2.24, 2.45) is 0 Å². The summed E-state index contributed by atoms with van der Waals surface area (Å²) in [6, 6.07) is 0. The maximum absolute atomic E-state index is 11.0. The van der Waals surface area contributed by atoms with Gasteiger partial charge in [0.15, 0.2) is 0 Å². The zero-order valence-electron chi connectivity index (χ0n) is 7.24. The van der Waals surface area contributed by atoms with Gasteiger partial charge in [0, 0.05) is 7.97 Å². The second-order valence-corrected chi connectivity index (χ2v) is 4.76. The van der Waals surface area contributed by atoms with Crippen molar-refractivity contribution < 1.29 is 19.4 Å². The molecule has 1 fully saturated rings. The molecule has 13 heavy (non-hydrogen) atoms. The van der Waals surface area contributed by atoms with E-state index in [2.05, 4.69) is 10.0 Å². The van der Waals surface area contributed by atoms with E-state index in [-0.39, 0.29) is 13.7 Å². The Balaban J connectivity index is 0.00000169. The molecular formula is C6H14N2O4S. The van der Waals surface area contributed by atoms with E-state index in [1.807, 2.05) is 0 Å². The summed E-state index contributed by atoms with van der Waals surface area (Å²) in [4.78, 5) is 10.5. The number of hydrogen-bond donors (Lipinski definition) is 2. The molecule has 2 N–H and O–H groups in total. The third kappa shape index (κ3) is 3.19. The Morgan fingerprint density at radius 1 is 1.77 bits per heavy atom. The van der Waals surface area contributed by atoms with Gasteiger partial charge in [-0.3, -0.25) is 0 Å². The van der Waals surface area contributed by atoms with Crippen LogP contribution in [0.5, 0.6) is 0 Å². The lowest BCUT2D eigenvalue weighted by Gasteiger charge is -2.08. The molecule has 0 aromatic carbocycles. The van der Waals surface area contributed by atoms with E-state index in [4.69, 9.17) is 4.74 Å². The molecule has 1 heterocycles. The Kier molecular flexibility index (Phi) is 3.10. The molecule has 0 aliphatic carbocycles. The summed E-state index contributed by atoms with van der Waals surface area (Å²) in [5, 5.41) is 2.43. The topological polar surface area (TPSA) is 84.5 Å². The summed E-state index contributed by atoms with van der Waals surface area (Å²) >= 11 is 0. The summed E-state index contributed by atoms with van der Waals surface area (Å²) in [6.07, 6.45) is -0.894. The van der Waals surface area contributed by atoms with Gasteiger partial charge in [0.1, 0.15) is 6.10 Å². The Morgan fingerprint density at radius 3 is 2.92 bits per heavy atom. The second-order valence-electron chi connectivity index (χ2n) is 2.66. The van der Waals surface area contributed by atoms with Crippen LogP contribution in [0.15, 0.2) is 0 Å². The van der Waals surface area contributed by atoms with E-state index < -0.39 is 22.2 Å². The second kappa shape index (κ2) is 3.93. The van der Waals surface area contributed by atoms with Gasteiger partial charge >= 0.3 is 6.09 Å². The summed E-state index contributed by atoms with van der Waals surface area (Å²) in [5.41, 5.74) is 0. The fourth-order valence-electron chi connectivity index (χ4n) is 0.868. The van der Waals surface area contributed by atoms with Crippen LogP contribution in [0.1, 0.15) is 8.35 Å². The molecule has 0 aromatic heterocycles. The van der Waals surface area contributed by atoms with E-state index in [0.29, 0.717) is 6.54 Å². The summed E-state index contributed by atoms with van der Waals surface area (Å²) in [7, 11) is -3.19. The number of amides is 1. The first-order valence-electron chi connectivity index (χ1n) is 3.95. The third-order valence-corrected chi connectivity index (χ3v) is 3.03. The highest BCUT2D eigenvalue weighted by Gasteiger charge is 2.23. The van der Waals surface area contributed by atoms with Crippen molar-refractivity contribution in [2.75, 3.05) is 18.8 Å². The molecule has 1 saturated heterocycles. The number of nitrogens with one attached hydrogen (secondary N) is 2. The van der Waals surface area contributed by atoms with E-state index in [9.17, 15) is 13.2 Å². The van der Waals surface area contributed by atoms with Crippen LogP contribution < -0.4 is 10.0 Å². The highest BCUT2D eigenvalue weighted by Crippen LogP contribution is 1.98. The summed E-state index contributed by atoms with van der Waals surface area (Å²) in [6.45, 7) is 2.03. The average molecular weight is 210 g/mol. The van der Waals surface area contributed by atoms with Crippen molar-refractivity contribution >= 4 is 16.1 Å². The first-order valence-corrected chi connectivity index (χ1v) is 5.60. The van der Waals surface area contributed by atoms with Crippen LogP contribution in [-0.2, 0) is 14.8 Å². The minimum atomic E-state index is -3.19. The highest BCUT2D eigenvalue weighted by molar-refractivity contribution is 7.89. The molecule has 0 spiro atoms. The van der Waals surface area contributed by atoms with E-state index in [1.165, 1.54) is 0 Å². The quantitative estimate of drug-likeness (QED) is 0.641. The van der Waals surface area contributed by atoms with Crippen molar-refractivity contribution in [3.8, 4) is 0 Å². The van der Waals surface area contributed by atoms with Crippen LogP contribution >= 0.6 is 0 Å². The minimum Gasteiger partial charge on any atom is -0.443 e. The van der Waals surface area contributed by atoms with Gasteiger partial charge in [0.25, 0.3) is 0 Å². The normalized spacial score (nSPS) is 22.5. The fraction of sp³-hybridized carbons (Fsp3) is 0.833. The molecule has 0 unspecified atom stereocenters. The van der Waals surface area contributed by atoms with Crippen molar-refractivity contribution in [1.82, 2.24) is 10.0 Å². The predicted molar refractivity (Wildman–Crippen MR) is 47.8 cm³/mol. The average Bonchev–Trinajstić information content (AvgIpc) is 2.48. The van der Waals surface area contributed by atoms with Crippen molar-refractivity contribution in [1.29, 1.82) is 0 Å². The smallest absolute Gasteiger partial charge is 0.407 e. The molecule has 0 radical (unpaired) electrons. The molecule has 7 heteroatoms. The van der Waals surface area contributed by atoms with Crippen molar-refractivity contribution in [3.05, 3.63) is 0 Å². The number of cyclic esters (lactones) is 1. The number of sulfonamides is 1. The molecule has 6 nitrogen and oxygen atoms in total. The Morgan fingerprint density at radius 2 is 2.46 bits per heavy atom. The van der Waals surface area contributed by atoms with E-state index >= 15 is 0 Å². The van der Waals surface area contributed by atoms with Crippen LogP contribution in [0.4, 0.5) is 4.79 Å². The maximum atomic E-state index is 11.0. The van der Waals surface area contributed by atoms with Crippen LogP contribution in [0.3, 0.4) is 0 Å². The van der Waals surface area contributed by atoms with E-state index in [1.54, 1.807) is 6.92 Å². The van der Waals surface area contributed by atoms with Gasteiger partial charge in [0.2, 0.25) is 10.0 Å². The zero-order valence-corrected chi connectivity index (χ0v) is 8.06. The highest BCUT2D eigenvalue weighted by atomic mass is 32.2. The first kappa shape index (κ1) is 10.3. The first-order chi connectivity index (χ1) is 6.03. The molecule has 1 rings (SSSR count). The lowest BCUT2D eigenvalue weighted by atomic mass is 10.4. The standard InChI is InChI=1S/C6H12N2O4S.H2/c1-2-13(10,11)8-4-5-3-7-6(9)12-5;/h5,8H,2-4H2,1H3,(H,7,9);1H/t5-;/m1./s1. The molecular weight excluding hydrogens is 196 g/mol. The monoisotopic (exact) mass is 210 g/mol. The van der Waals surface area contributed by atoms with Gasteiger partial charge in [-0.25, -0.2) is 17.9 Å². The zero-order chi connectivity index (χ0) is 9.90. The molecule has 0 saturated carbocycles. The SMILES string of the molecule is CCS(=O)(=O)NC[C@H]1CNC(=O)O1.[HH]. The van der Waals surface area contributed by atoms with E-state index in [0.717, 1.165) is 0 Å². The molecule has 1 amide bonds. The number of hydrogen-bond acceptors (Lipinski definition) is 4. The Bertz CT molecular complexity index is 292. The molecule has 78 valence electrons. The molecule has 0 aromatic rings. The summed E-state index contributed by atoms with van der Waals surface area (Å²) < 4.78 is 29.0. The summed E-state index contributed by atoms with van der Waals surface area (Å²) in [5.74, 6) is 0.0289. The number of carbonyl (C=O) groups is 1. The molecule has 1 atom stereocenters. The number of carbonyl (C=O) groups excluding carboxylic acids is 1. The predicted octanol–water partition coefficient (Wildman–Crippen LogP) is -0.720. The number of ether oxygens (including phenoxy) is 1. The minimum absolute atomic E-state index is 0. The molecule has 1 aliphatic rings. The molecule has 0 bridgehead atoms. The van der Waals surface area contributed by atoms with Crippen molar-refractivity contribution in [2.45, 2.75) is 13.0 Å². The van der Waals surface area contributed by atoms with Crippen LogP contribution in [0, 0.1) is 0 Å². The Labute approximate surface area is 78.2 Å².